The van der Waals surface area contributed by atoms with Crippen LogP contribution in [0.25, 0.3) is 0 Å². The van der Waals surface area contributed by atoms with Gasteiger partial charge in [-0.15, -0.1) is 0 Å². The molecule has 1 heterocycles. The molecular weight excluding hydrogens is 318 g/mol. The molecule has 1 amide bonds. The fourth-order valence-corrected chi connectivity index (χ4v) is 2.70. The first-order chi connectivity index (χ1) is 8.56. The Morgan fingerprint density at radius 2 is 2.39 bits per heavy atom. The van der Waals surface area contributed by atoms with Crippen molar-refractivity contribution < 1.29 is 9.53 Å². The van der Waals surface area contributed by atoms with Crippen molar-refractivity contribution in [2.45, 2.75) is 24.3 Å². The van der Waals surface area contributed by atoms with Crippen LogP contribution >= 0.6 is 27.5 Å². The average Bonchev–Trinajstić information content (AvgIpc) is 2.75. The van der Waals surface area contributed by atoms with E-state index < -0.39 is 6.10 Å². The van der Waals surface area contributed by atoms with Gasteiger partial charge in [-0.05, 0) is 31.5 Å². The maximum Gasteiger partial charge on any atom is 0.263 e. The van der Waals surface area contributed by atoms with Crippen LogP contribution in [-0.2, 0) is 4.79 Å². The minimum atomic E-state index is -0.485. The van der Waals surface area contributed by atoms with Gasteiger partial charge in [0, 0.05) is 22.9 Å². The van der Waals surface area contributed by atoms with Crippen LogP contribution in [0.4, 0.5) is 0 Å². The van der Waals surface area contributed by atoms with Crippen molar-refractivity contribution in [1.82, 2.24) is 4.90 Å². The highest BCUT2D eigenvalue weighted by Gasteiger charge is 2.28. The minimum absolute atomic E-state index is 0.0249. The van der Waals surface area contributed by atoms with Gasteiger partial charge in [-0.25, -0.2) is 0 Å². The van der Waals surface area contributed by atoms with E-state index in [-0.39, 0.29) is 5.91 Å². The number of benzene rings is 1. The smallest absolute Gasteiger partial charge is 0.263 e. The third-order valence-corrected chi connectivity index (χ3v) is 3.88. The molecule has 2 unspecified atom stereocenters. The first-order valence-corrected chi connectivity index (χ1v) is 7.20. The van der Waals surface area contributed by atoms with Gasteiger partial charge in [0.25, 0.3) is 5.91 Å². The Morgan fingerprint density at radius 3 is 3.00 bits per heavy atom. The van der Waals surface area contributed by atoms with Crippen LogP contribution in [0.2, 0.25) is 5.02 Å². The van der Waals surface area contributed by atoms with Crippen molar-refractivity contribution in [3.05, 3.63) is 29.3 Å². The molecule has 1 aliphatic heterocycles. The lowest BCUT2D eigenvalue weighted by molar-refractivity contribution is -0.136. The zero-order valence-corrected chi connectivity index (χ0v) is 12.4. The lowest BCUT2D eigenvalue weighted by Gasteiger charge is -2.21. The van der Waals surface area contributed by atoms with E-state index >= 15 is 0 Å². The first kappa shape index (κ1) is 13.7. The van der Waals surface area contributed by atoms with Gasteiger partial charge < -0.3 is 9.64 Å². The molecule has 1 aromatic rings. The molecule has 98 valence electrons. The summed E-state index contributed by atoms with van der Waals surface area (Å²) in [7, 11) is 0. The Labute approximate surface area is 120 Å². The molecule has 0 aromatic heterocycles. The number of likely N-dealkylation sites (tertiary alicyclic amines) is 1. The van der Waals surface area contributed by atoms with E-state index in [0.29, 0.717) is 15.6 Å². The van der Waals surface area contributed by atoms with E-state index in [0.717, 1.165) is 19.5 Å². The SMILES string of the molecule is CC(Oc1cccc(Cl)c1)C(=O)N1CCC(Br)C1. The standard InChI is InChI=1S/C13H15BrClNO2/c1-9(13(17)16-6-5-10(14)8-16)18-12-4-2-3-11(15)7-12/h2-4,7,9-10H,5-6,8H2,1H3. The molecule has 2 atom stereocenters. The van der Waals surface area contributed by atoms with E-state index in [1.807, 2.05) is 4.90 Å². The molecule has 0 radical (unpaired) electrons. The molecule has 18 heavy (non-hydrogen) atoms. The molecule has 1 aliphatic rings. The summed E-state index contributed by atoms with van der Waals surface area (Å²) in [6, 6.07) is 7.09. The Balaban J connectivity index is 1.95. The topological polar surface area (TPSA) is 29.5 Å². The second-order valence-corrected chi connectivity index (χ2v) is 6.12. The van der Waals surface area contributed by atoms with Crippen LogP contribution in [0, 0.1) is 0 Å². The normalized spacial score (nSPS) is 20.8. The second kappa shape index (κ2) is 5.93. The first-order valence-electron chi connectivity index (χ1n) is 5.91. The number of alkyl halides is 1. The van der Waals surface area contributed by atoms with Gasteiger partial charge >= 0.3 is 0 Å². The molecular formula is C13H15BrClNO2. The van der Waals surface area contributed by atoms with Crippen LogP contribution in [0.3, 0.4) is 0 Å². The third-order valence-electron chi connectivity index (χ3n) is 2.90. The van der Waals surface area contributed by atoms with Crippen LogP contribution in [-0.4, -0.2) is 34.8 Å². The lowest BCUT2D eigenvalue weighted by Crippen LogP contribution is -2.39. The van der Waals surface area contributed by atoms with E-state index in [2.05, 4.69) is 15.9 Å². The summed E-state index contributed by atoms with van der Waals surface area (Å²) in [5.41, 5.74) is 0. The lowest BCUT2D eigenvalue weighted by atomic mass is 10.3. The zero-order valence-electron chi connectivity index (χ0n) is 10.1. The minimum Gasteiger partial charge on any atom is -0.481 e. The van der Waals surface area contributed by atoms with Gasteiger partial charge in [-0.1, -0.05) is 33.6 Å². The van der Waals surface area contributed by atoms with Crippen molar-refractivity contribution in [3.8, 4) is 5.75 Å². The number of amides is 1. The summed E-state index contributed by atoms with van der Waals surface area (Å²) in [6.45, 7) is 3.31. The van der Waals surface area contributed by atoms with E-state index in [9.17, 15) is 4.79 Å². The number of carbonyl (C=O) groups is 1. The summed E-state index contributed by atoms with van der Waals surface area (Å²) < 4.78 is 5.61. The van der Waals surface area contributed by atoms with E-state index in [1.54, 1.807) is 31.2 Å². The molecule has 0 saturated carbocycles. The van der Waals surface area contributed by atoms with E-state index in [4.69, 9.17) is 16.3 Å². The Hall–Kier alpha value is -0.740. The van der Waals surface area contributed by atoms with Gasteiger partial charge in [-0.3, -0.25) is 4.79 Å². The van der Waals surface area contributed by atoms with Crippen LogP contribution in [0.15, 0.2) is 24.3 Å². The molecule has 1 fully saturated rings. The average molecular weight is 333 g/mol. The molecule has 1 aromatic carbocycles. The fraction of sp³-hybridized carbons (Fsp3) is 0.462. The van der Waals surface area contributed by atoms with Crippen molar-refractivity contribution in [3.63, 3.8) is 0 Å². The predicted octanol–water partition coefficient (Wildman–Crippen LogP) is 3.10. The van der Waals surface area contributed by atoms with Crippen molar-refractivity contribution >= 4 is 33.4 Å². The van der Waals surface area contributed by atoms with Gasteiger partial charge in [0.15, 0.2) is 6.10 Å². The van der Waals surface area contributed by atoms with Crippen LogP contribution in [0.5, 0.6) is 5.75 Å². The van der Waals surface area contributed by atoms with Crippen molar-refractivity contribution in [2.75, 3.05) is 13.1 Å². The molecule has 1 saturated heterocycles. The molecule has 0 aliphatic carbocycles. The summed E-state index contributed by atoms with van der Waals surface area (Å²) in [4.78, 5) is 14.4. The number of hydrogen-bond donors (Lipinski definition) is 0. The molecule has 3 nitrogen and oxygen atoms in total. The summed E-state index contributed by atoms with van der Waals surface area (Å²) in [5, 5.41) is 0.605. The number of nitrogens with zero attached hydrogens (tertiary/aromatic N) is 1. The summed E-state index contributed by atoms with van der Waals surface area (Å²) in [6.07, 6.45) is 0.511. The number of rotatable bonds is 3. The highest BCUT2D eigenvalue weighted by molar-refractivity contribution is 9.09. The molecule has 2 rings (SSSR count). The number of ether oxygens (including phenoxy) is 1. The van der Waals surface area contributed by atoms with Gasteiger partial charge in [0.1, 0.15) is 5.75 Å². The predicted molar refractivity (Wildman–Crippen MR) is 75.5 cm³/mol. The van der Waals surface area contributed by atoms with Gasteiger partial charge in [-0.2, -0.15) is 0 Å². The Bertz CT molecular complexity index is 441. The molecule has 5 heteroatoms. The maximum atomic E-state index is 12.1. The summed E-state index contributed by atoms with van der Waals surface area (Å²) in [5.74, 6) is 0.648. The van der Waals surface area contributed by atoms with Crippen molar-refractivity contribution in [1.29, 1.82) is 0 Å². The monoisotopic (exact) mass is 331 g/mol. The number of hydrogen-bond acceptors (Lipinski definition) is 2. The molecule has 0 N–H and O–H groups in total. The second-order valence-electron chi connectivity index (χ2n) is 4.39. The van der Waals surface area contributed by atoms with Gasteiger partial charge in [0.2, 0.25) is 0 Å². The van der Waals surface area contributed by atoms with Crippen LogP contribution in [0.1, 0.15) is 13.3 Å². The Kier molecular flexibility index (Phi) is 4.51. The zero-order chi connectivity index (χ0) is 13.1. The number of halogens is 2. The highest BCUT2D eigenvalue weighted by atomic mass is 79.9. The maximum absolute atomic E-state index is 12.1. The van der Waals surface area contributed by atoms with Crippen LogP contribution < -0.4 is 4.74 Å². The Morgan fingerprint density at radius 1 is 1.61 bits per heavy atom. The van der Waals surface area contributed by atoms with E-state index in [1.165, 1.54) is 0 Å². The summed E-state index contributed by atoms with van der Waals surface area (Å²) >= 11 is 9.39. The molecule has 0 spiro atoms. The largest absolute Gasteiger partial charge is 0.481 e. The van der Waals surface area contributed by atoms with Gasteiger partial charge in [0.05, 0.1) is 0 Å². The van der Waals surface area contributed by atoms with Crippen molar-refractivity contribution in [2.24, 2.45) is 0 Å². The fourth-order valence-electron chi connectivity index (χ4n) is 1.97. The quantitative estimate of drug-likeness (QED) is 0.796. The highest BCUT2D eigenvalue weighted by Crippen LogP contribution is 2.21. The third kappa shape index (κ3) is 3.39. The number of carbonyl (C=O) groups excluding carboxylic acids is 1. The molecule has 0 bridgehead atoms.